The molecule has 2 rings (SSSR count). The van der Waals surface area contributed by atoms with Gasteiger partial charge >= 0.3 is 0 Å². The normalized spacial score (nSPS) is 10.7. The molecule has 0 aliphatic heterocycles. The maximum absolute atomic E-state index is 5.74. The first-order valence-electron chi connectivity index (χ1n) is 7.18. The molecule has 21 heavy (non-hydrogen) atoms. The van der Waals surface area contributed by atoms with Gasteiger partial charge in [-0.05, 0) is 54.3 Å². The van der Waals surface area contributed by atoms with Crippen molar-refractivity contribution in [3.05, 3.63) is 58.1 Å². The highest BCUT2D eigenvalue weighted by Gasteiger charge is 2.04. The lowest BCUT2D eigenvalue weighted by atomic mass is 9.98. The van der Waals surface area contributed by atoms with E-state index in [9.17, 15) is 0 Å². The van der Waals surface area contributed by atoms with Crippen molar-refractivity contribution in [3.8, 4) is 11.5 Å². The number of aryl methyl sites for hydroxylation is 1. The summed E-state index contributed by atoms with van der Waals surface area (Å²) in [7, 11) is 0. The first-order valence-corrected chi connectivity index (χ1v) is 7.97. The predicted molar refractivity (Wildman–Crippen MR) is 90.4 cm³/mol. The Hall–Kier alpha value is -1.48. The highest BCUT2D eigenvalue weighted by atomic mass is 79.9. The van der Waals surface area contributed by atoms with Crippen molar-refractivity contribution in [1.82, 2.24) is 0 Å². The van der Waals surface area contributed by atoms with Crippen LogP contribution in [0, 0.1) is 6.92 Å². The van der Waals surface area contributed by atoms with Crippen molar-refractivity contribution < 1.29 is 9.47 Å². The smallest absolute Gasteiger partial charge is 0.122 e. The molecule has 0 radical (unpaired) electrons. The van der Waals surface area contributed by atoms with E-state index in [4.69, 9.17) is 9.47 Å². The minimum atomic E-state index is 0.529. The molecule has 0 spiro atoms. The molecule has 3 heteroatoms. The van der Waals surface area contributed by atoms with Crippen LogP contribution in [-0.2, 0) is 0 Å². The van der Waals surface area contributed by atoms with Gasteiger partial charge in [0.25, 0.3) is 0 Å². The van der Waals surface area contributed by atoms with Crippen molar-refractivity contribution in [2.24, 2.45) is 0 Å². The third kappa shape index (κ3) is 4.78. The van der Waals surface area contributed by atoms with Gasteiger partial charge in [0, 0.05) is 4.47 Å². The monoisotopic (exact) mass is 348 g/mol. The van der Waals surface area contributed by atoms with Crippen molar-refractivity contribution in [2.45, 2.75) is 26.7 Å². The molecule has 0 aromatic heterocycles. The van der Waals surface area contributed by atoms with Crippen LogP contribution < -0.4 is 9.47 Å². The topological polar surface area (TPSA) is 18.5 Å². The van der Waals surface area contributed by atoms with E-state index in [1.807, 2.05) is 30.3 Å². The molecule has 2 nitrogen and oxygen atoms in total. The Balaban J connectivity index is 1.82. The maximum atomic E-state index is 5.74. The second-order valence-corrected chi connectivity index (χ2v) is 6.24. The summed E-state index contributed by atoms with van der Waals surface area (Å²) in [4.78, 5) is 0. The molecule has 0 N–H and O–H groups in total. The van der Waals surface area contributed by atoms with Gasteiger partial charge < -0.3 is 9.47 Å². The van der Waals surface area contributed by atoms with Gasteiger partial charge in [-0.15, -0.1) is 0 Å². The van der Waals surface area contributed by atoms with Crippen molar-refractivity contribution in [2.75, 3.05) is 13.2 Å². The third-order valence-electron chi connectivity index (χ3n) is 3.28. The number of benzene rings is 2. The summed E-state index contributed by atoms with van der Waals surface area (Å²) >= 11 is 3.42. The van der Waals surface area contributed by atoms with Crippen LogP contribution >= 0.6 is 15.9 Å². The van der Waals surface area contributed by atoms with Crippen molar-refractivity contribution in [3.63, 3.8) is 0 Å². The number of halogens is 1. The first-order chi connectivity index (χ1) is 10.1. The van der Waals surface area contributed by atoms with Crippen LogP contribution in [0.1, 0.15) is 30.9 Å². The molecule has 2 aromatic carbocycles. The molecule has 0 unspecified atom stereocenters. The summed E-state index contributed by atoms with van der Waals surface area (Å²) in [6.45, 7) is 7.60. The van der Waals surface area contributed by atoms with Gasteiger partial charge in [-0.1, -0.05) is 41.9 Å². The zero-order valence-electron chi connectivity index (χ0n) is 12.7. The fourth-order valence-electron chi connectivity index (χ4n) is 2.26. The van der Waals surface area contributed by atoms with Crippen molar-refractivity contribution >= 4 is 15.9 Å². The lowest BCUT2D eigenvalue weighted by Gasteiger charge is -2.13. The van der Waals surface area contributed by atoms with Crippen LogP contribution in [0.2, 0.25) is 0 Å². The van der Waals surface area contributed by atoms with Crippen LogP contribution in [0.5, 0.6) is 11.5 Å². The molecule has 112 valence electrons. The standard InChI is InChI=1S/C18H21BrO2/c1-13(2)18-8-7-17(11-14(18)3)21-10-9-20-16-6-4-5-15(19)12-16/h4-8,11-13H,9-10H2,1-3H3. The van der Waals surface area contributed by atoms with Gasteiger partial charge in [0.05, 0.1) is 0 Å². The van der Waals surface area contributed by atoms with E-state index in [0.29, 0.717) is 19.1 Å². The number of ether oxygens (including phenoxy) is 2. The Bertz CT molecular complexity index is 594. The fourth-order valence-corrected chi connectivity index (χ4v) is 2.64. The van der Waals surface area contributed by atoms with Gasteiger partial charge in [-0.2, -0.15) is 0 Å². The van der Waals surface area contributed by atoms with Gasteiger partial charge in [0.2, 0.25) is 0 Å². The van der Waals surface area contributed by atoms with E-state index in [0.717, 1.165) is 16.0 Å². The van der Waals surface area contributed by atoms with Gasteiger partial charge in [0.15, 0.2) is 0 Å². The largest absolute Gasteiger partial charge is 0.490 e. The van der Waals surface area contributed by atoms with E-state index >= 15 is 0 Å². The van der Waals surface area contributed by atoms with E-state index in [-0.39, 0.29) is 0 Å². The minimum Gasteiger partial charge on any atom is -0.490 e. The molecular formula is C18H21BrO2. The molecular weight excluding hydrogens is 328 g/mol. The quantitative estimate of drug-likeness (QED) is 0.656. The molecule has 0 aliphatic rings. The Morgan fingerprint density at radius 3 is 2.19 bits per heavy atom. The van der Waals surface area contributed by atoms with Gasteiger partial charge in [0.1, 0.15) is 24.7 Å². The summed E-state index contributed by atoms with van der Waals surface area (Å²) < 4.78 is 12.4. The van der Waals surface area contributed by atoms with E-state index in [1.54, 1.807) is 0 Å². The average molecular weight is 349 g/mol. The predicted octanol–water partition coefficient (Wildman–Crippen LogP) is 5.34. The lowest BCUT2D eigenvalue weighted by Crippen LogP contribution is -2.09. The molecule has 2 aromatic rings. The molecule has 0 atom stereocenters. The summed E-state index contributed by atoms with van der Waals surface area (Å²) in [5.74, 6) is 2.29. The Kier molecular flexibility index (Phi) is 5.68. The summed E-state index contributed by atoms with van der Waals surface area (Å²) in [5, 5.41) is 0. The SMILES string of the molecule is Cc1cc(OCCOc2cccc(Br)c2)ccc1C(C)C. The zero-order valence-corrected chi connectivity index (χ0v) is 14.3. The molecule has 0 saturated carbocycles. The summed E-state index contributed by atoms with van der Waals surface area (Å²) in [5.41, 5.74) is 2.64. The molecule has 0 bridgehead atoms. The average Bonchev–Trinajstić information content (AvgIpc) is 2.43. The van der Waals surface area contributed by atoms with E-state index in [2.05, 4.69) is 48.8 Å². The minimum absolute atomic E-state index is 0.529. The zero-order chi connectivity index (χ0) is 15.2. The molecule has 0 aliphatic carbocycles. The van der Waals surface area contributed by atoms with Crippen molar-refractivity contribution in [1.29, 1.82) is 0 Å². The second-order valence-electron chi connectivity index (χ2n) is 5.33. The van der Waals surface area contributed by atoms with Gasteiger partial charge in [-0.25, -0.2) is 0 Å². The highest BCUT2D eigenvalue weighted by Crippen LogP contribution is 2.23. The first kappa shape index (κ1) is 15.9. The molecule has 0 amide bonds. The van der Waals surface area contributed by atoms with Crippen LogP contribution in [0.4, 0.5) is 0 Å². The molecule has 0 heterocycles. The van der Waals surface area contributed by atoms with Gasteiger partial charge in [-0.3, -0.25) is 0 Å². The Morgan fingerprint density at radius 2 is 1.62 bits per heavy atom. The Morgan fingerprint density at radius 1 is 0.952 bits per heavy atom. The molecule has 0 fully saturated rings. The molecule has 0 saturated heterocycles. The number of hydrogen-bond acceptors (Lipinski definition) is 2. The third-order valence-corrected chi connectivity index (χ3v) is 3.77. The van der Waals surface area contributed by atoms with Crippen LogP contribution in [0.3, 0.4) is 0 Å². The number of hydrogen-bond donors (Lipinski definition) is 0. The lowest BCUT2D eigenvalue weighted by molar-refractivity contribution is 0.217. The summed E-state index contributed by atoms with van der Waals surface area (Å²) in [6.07, 6.45) is 0. The summed E-state index contributed by atoms with van der Waals surface area (Å²) in [6, 6.07) is 14.1. The number of rotatable bonds is 6. The second kappa shape index (κ2) is 7.51. The van der Waals surface area contributed by atoms with Crippen LogP contribution in [0.15, 0.2) is 46.9 Å². The maximum Gasteiger partial charge on any atom is 0.122 e. The van der Waals surface area contributed by atoms with E-state index < -0.39 is 0 Å². The highest BCUT2D eigenvalue weighted by molar-refractivity contribution is 9.10. The van der Waals surface area contributed by atoms with Crippen LogP contribution in [-0.4, -0.2) is 13.2 Å². The Labute approximate surface area is 135 Å². The van der Waals surface area contributed by atoms with Crippen LogP contribution in [0.25, 0.3) is 0 Å². The fraction of sp³-hybridized carbons (Fsp3) is 0.333. The van der Waals surface area contributed by atoms with E-state index in [1.165, 1.54) is 11.1 Å².